The highest BCUT2D eigenvalue weighted by atomic mass is 79.9. The number of likely N-dealkylation sites (N-methyl/N-ethyl adjacent to an activating group) is 1. The minimum atomic E-state index is -0.421. The SMILES string of the molecule is CN1CC(Nc2ccc(C(N)=S)c(Br)c2F)CCC1=O. The fraction of sp³-hybridized carbons (Fsp3) is 0.385. The molecule has 1 aliphatic heterocycles. The average Bonchev–Trinajstić information content (AvgIpc) is 2.39. The van der Waals surface area contributed by atoms with Gasteiger partial charge in [-0.15, -0.1) is 0 Å². The van der Waals surface area contributed by atoms with Crippen LogP contribution in [0, 0.1) is 5.82 Å². The van der Waals surface area contributed by atoms with Gasteiger partial charge in [-0.3, -0.25) is 4.79 Å². The van der Waals surface area contributed by atoms with Gasteiger partial charge in [0.25, 0.3) is 0 Å². The highest BCUT2D eigenvalue weighted by Crippen LogP contribution is 2.28. The van der Waals surface area contributed by atoms with Crippen LogP contribution < -0.4 is 11.1 Å². The third-order valence-electron chi connectivity index (χ3n) is 3.33. The summed E-state index contributed by atoms with van der Waals surface area (Å²) in [6.07, 6.45) is 1.17. The number of carbonyl (C=O) groups is 1. The summed E-state index contributed by atoms with van der Waals surface area (Å²) < 4.78 is 14.5. The van der Waals surface area contributed by atoms with Crippen LogP contribution in [-0.2, 0) is 4.79 Å². The molecular weight excluding hydrogens is 345 g/mol. The lowest BCUT2D eigenvalue weighted by atomic mass is 10.0. The largest absolute Gasteiger partial charge is 0.389 e. The Labute approximate surface area is 130 Å². The van der Waals surface area contributed by atoms with E-state index in [-0.39, 0.29) is 21.4 Å². The van der Waals surface area contributed by atoms with E-state index in [0.29, 0.717) is 30.6 Å². The number of hydrogen-bond acceptors (Lipinski definition) is 3. The zero-order valence-electron chi connectivity index (χ0n) is 11.0. The zero-order valence-corrected chi connectivity index (χ0v) is 13.4. The topological polar surface area (TPSA) is 58.4 Å². The maximum Gasteiger partial charge on any atom is 0.222 e. The normalized spacial score (nSPS) is 19.1. The average molecular weight is 360 g/mol. The van der Waals surface area contributed by atoms with Gasteiger partial charge in [0.15, 0.2) is 5.82 Å². The predicted octanol–water partition coefficient (Wildman–Crippen LogP) is 2.26. The van der Waals surface area contributed by atoms with Gasteiger partial charge in [-0.1, -0.05) is 12.2 Å². The summed E-state index contributed by atoms with van der Waals surface area (Å²) in [6, 6.07) is 3.33. The van der Waals surface area contributed by atoms with Gasteiger partial charge in [0.2, 0.25) is 5.91 Å². The van der Waals surface area contributed by atoms with Gasteiger partial charge in [-0.2, -0.15) is 0 Å². The van der Waals surface area contributed by atoms with Crippen LogP contribution in [-0.4, -0.2) is 35.4 Å². The Kier molecular flexibility index (Phi) is 4.59. The van der Waals surface area contributed by atoms with E-state index < -0.39 is 5.82 Å². The first-order valence-electron chi connectivity index (χ1n) is 6.18. The molecule has 0 aliphatic carbocycles. The molecule has 7 heteroatoms. The Morgan fingerprint density at radius 1 is 1.60 bits per heavy atom. The van der Waals surface area contributed by atoms with Crippen LogP contribution in [0.3, 0.4) is 0 Å². The maximum absolute atomic E-state index is 14.2. The van der Waals surface area contributed by atoms with Crippen LogP contribution >= 0.6 is 28.1 Å². The van der Waals surface area contributed by atoms with Crippen LogP contribution in [0.25, 0.3) is 0 Å². The molecule has 1 atom stereocenters. The highest BCUT2D eigenvalue weighted by Gasteiger charge is 2.24. The molecule has 1 heterocycles. The minimum Gasteiger partial charge on any atom is -0.389 e. The molecule has 1 aliphatic rings. The van der Waals surface area contributed by atoms with E-state index in [4.69, 9.17) is 18.0 Å². The summed E-state index contributed by atoms with van der Waals surface area (Å²) in [5.41, 5.74) is 6.37. The lowest BCUT2D eigenvalue weighted by Gasteiger charge is -2.31. The molecular formula is C13H15BrFN3OS. The fourth-order valence-electron chi connectivity index (χ4n) is 2.20. The van der Waals surface area contributed by atoms with E-state index in [1.165, 1.54) is 0 Å². The van der Waals surface area contributed by atoms with Gasteiger partial charge >= 0.3 is 0 Å². The van der Waals surface area contributed by atoms with Crippen LogP contribution in [0.15, 0.2) is 16.6 Å². The quantitative estimate of drug-likeness (QED) is 0.812. The standard InChI is InChI=1S/C13H15BrFN3OS/c1-18-6-7(2-5-10(18)19)17-9-4-3-8(13(16)20)11(14)12(9)15/h3-4,7,17H,2,5-6H2,1H3,(H2,16,20). The van der Waals surface area contributed by atoms with Crippen molar-refractivity contribution in [1.29, 1.82) is 0 Å². The number of thiocarbonyl (C=S) groups is 1. The van der Waals surface area contributed by atoms with E-state index in [9.17, 15) is 9.18 Å². The van der Waals surface area contributed by atoms with Crippen molar-refractivity contribution in [2.45, 2.75) is 18.9 Å². The number of anilines is 1. The Bertz CT molecular complexity index is 567. The lowest BCUT2D eigenvalue weighted by molar-refractivity contribution is -0.132. The lowest BCUT2D eigenvalue weighted by Crippen LogP contribution is -2.43. The van der Waals surface area contributed by atoms with Gasteiger partial charge in [0, 0.05) is 31.6 Å². The molecule has 0 radical (unpaired) electrons. The highest BCUT2D eigenvalue weighted by molar-refractivity contribution is 9.10. The van der Waals surface area contributed by atoms with E-state index in [1.54, 1.807) is 24.1 Å². The summed E-state index contributed by atoms with van der Waals surface area (Å²) in [5.74, 6) is -0.302. The Morgan fingerprint density at radius 2 is 2.30 bits per heavy atom. The van der Waals surface area contributed by atoms with Gasteiger partial charge in [-0.25, -0.2) is 4.39 Å². The van der Waals surface area contributed by atoms with Crippen molar-refractivity contribution in [2.24, 2.45) is 5.73 Å². The maximum atomic E-state index is 14.2. The van der Waals surface area contributed by atoms with Crippen molar-refractivity contribution >= 4 is 44.7 Å². The first-order valence-corrected chi connectivity index (χ1v) is 7.38. The van der Waals surface area contributed by atoms with Gasteiger partial charge < -0.3 is 16.0 Å². The summed E-state index contributed by atoms with van der Waals surface area (Å²) >= 11 is 8.03. The van der Waals surface area contributed by atoms with E-state index >= 15 is 0 Å². The van der Waals surface area contributed by atoms with Crippen LogP contribution in [0.4, 0.5) is 10.1 Å². The molecule has 1 aromatic rings. The smallest absolute Gasteiger partial charge is 0.222 e. The number of rotatable bonds is 3. The number of hydrogen-bond donors (Lipinski definition) is 2. The van der Waals surface area contributed by atoms with Gasteiger partial charge in [-0.05, 0) is 34.5 Å². The van der Waals surface area contributed by atoms with Crippen LogP contribution in [0.1, 0.15) is 18.4 Å². The number of likely N-dealkylation sites (tertiary alicyclic amines) is 1. The second kappa shape index (κ2) is 6.05. The number of nitrogens with one attached hydrogen (secondary N) is 1. The second-order valence-electron chi connectivity index (χ2n) is 4.81. The van der Waals surface area contributed by atoms with Crippen molar-refractivity contribution in [2.75, 3.05) is 18.9 Å². The summed E-state index contributed by atoms with van der Waals surface area (Å²) in [6.45, 7) is 0.562. The van der Waals surface area contributed by atoms with E-state index in [1.807, 2.05) is 0 Å². The molecule has 108 valence electrons. The minimum absolute atomic E-state index is 0.0368. The Balaban J connectivity index is 2.16. The third-order valence-corrected chi connectivity index (χ3v) is 4.33. The number of amides is 1. The molecule has 20 heavy (non-hydrogen) atoms. The summed E-state index contributed by atoms with van der Waals surface area (Å²) in [7, 11) is 1.75. The van der Waals surface area contributed by atoms with Crippen molar-refractivity contribution in [1.82, 2.24) is 4.90 Å². The molecule has 4 nitrogen and oxygen atoms in total. The number of nitrogens with zero attached hydrogens (tertiary/aromatic N) is 1. The molecule has 1 fully saturated rings. The monoisotopic (exact) mass is 359 g/mol. The molecule has 0 saturated carbocycles. The zero-order chi connectivity index (χ0) is 14.9. The van der Waals surface area contributed by atoms with E-state index in [0.717, 1.165) is 0 Å². The van der Waals surface area contributed by atoms with Crippen LogP contribution in [0.5, 0.6) is 0 Å². The molecule has 2 rings (SSSR count). The van der Waals surface area contributed by atoms with Gasteiger partial charge in [0.05, 0.1) is 10.2 Å². The van der Waals surface area contributed by atoms with Crippen molar-refractivity contribution in [3.8, 4) is 0 Å². The summed E-state index contributed by atoms with van der Waals surface area (Å²) in [5, 5.41) is 3.12. The number of benzene rings is 1. The van der Waals surface area contributed by atoms with Crippen molar-refractivity contribution in [3.63, 3.8) is 0 Å². The Morgan fingerprint density at radius 3 is 2.90 bits per heavy atom. The number of nitrogens with two attached hydrogens (primary N) is 1. The molecule has 1 unspecified atom stereocenters. The van der Waals surface area contributed by atoms with Crippen LogP contribution in [0.2, 0.25) is 0 Å². The van der Waals surface area contributed by atoms with Crippen molar-refractivity contribution in [3.05, 3.63) is 28.0 Å². The molecule has 0 aromatic heterocycles. The first-order chi connectivity index (χ1) is 9.40. The molecule has 1 amide bonds. The number of halogens is 2. The molecule has 1 aromatic carbocycles. The first kappa shape index (κ1) is 15.2. The molecule has 3 N–H and O–H groups in total. The van der Waals surface area contributed by atoms with Gasteiger partial charge in [0.1, 0.15) is 4.99 Å². The van der Waals surface area contributed by atoms with Crippen molar-refractivity contribution < 1.29 is 9.18 Å². The molecule has 0 bridgehead atoms. The fourth-order valence-corrected chi connectivity index (χ4v) is 3.06. The number of carbonyl (C=O) groups excluding carboxylic acids is 1. The Hall–Kier alpha value is -1.21. The molecule has 0 spiro atoms. The predicted molar refractivity (Wildman–Crippen MR) is 84.3 cm³/mol. The number of piperidine rings is 1. The molecule has 1 saturated heterocycles. The summed E-state index contributed by atoms with van der Waals surface area (Å²) in [4.78, 5) is 13.2. The third kappa shape index (κ3) is 3.09. The van der Waals surface area contributed by atoms with E-state index in [2.05, 4.69) is 21.2 Å². The second-order valence-corrected chi connectivity index (χ2v) is 6.04.